The Morgan fingerprint density at radius 3 is 2.57 bits per heavy atom. The normalized spacial score (nSPS) is 17.7. The number of hydrogen-bond donors (Lipinski definition) is 1. The molecule has 0 spiro atoms. The second kappa shape index (κ2) is 7.61. The molecule has 7 heteroatoms. The molecule has 1 aliphatic rings. The maximum absolute atomic E-state index is 12.5. The summed E-state index contributed by atoms with van der Waals surface area (Å²) in [7, 11) is 0. The highest BCUT2D eigenvalue weighted by atomic mass is 32.2. The first-order chi connectivity index (χ1) is 11.0. The van der Waals surface area contributed by atoms with E-state index in [-0.39, 0.29) is 10.2 Å². The number of hydrogen-bond acceptors (Lipinski definition) is 5. The number of carbonyl (C=O) groups is 2. The highest BCUT2D eigenvalue weighted by molar-refractivity contribution is 8.26. The quantitative estimate of drug-likeness (QED) is 0.627. The molecule has 1 fully saturated rings. The van der Waals surface area contributed by atoms with Crippen LogP contribution >= 0.6 is 24.0 Å². The van der Waals surface area contributed by atoms with E-state index >= 15 is 0 Å². The monoisotopic (exact) mass is 351 g/mol. The van der Waals surface area contributed by atoms with Crippen LogP contribution in [0.3, 0.4) is 0 Å². The van der Waals surface area contributed by atoms with Gasteiger partial charge in [-0.05, 0) is 37.1 Å². The van der Waals surface area contributed by atoms with Crippen LogP contribution in [-0.4, -0.2) is 38.9 Å². The summed E-state index contributed by atoms with van der Waals surface area (Å²) in [5, 5.41) is 9.23. The summed E-state index contributed by atoms with van der Waals surface area (Å²) in [5.41, 5.74) is 0.831. The zero-order valence-corrected chi connectivity index (χ0v) is 14.4. The molecule has 2 rings (SSSR count). The maximum Gasteiger partial charge on any atom is 0.326 e. The van der Waals surface area contributed by atoms with Crippen LogP contribution in [0.2, 0.25) is 0 Å². The summed E-state index contributed by atoms with van der Waals surface area (Å²) in [6, 6.07) is 6.40. The van der Waals surface area contributed by atoms with E-state index in [0.29, 0.717) is 17.9 Å². The van der Waals surface area contributed by atoms with E-state index in [2.05, 4.69) is 0 Å². The van der Waals surface area contributed by atoms with Crippen molar-refractivity contribution in [2.24, 2.45) is 0 Å². The van der Waals surface area contributed by atoms with Gasteiger partial charge in [0.05, 0.1) is 11.5 Å². The molecular weight excluding hydrogens is 334 g/mol. The van der Waals surface area contributed by atoms with Gasteiger partial charge in [-0.1, -0.05) is 43.0 Å². The molecule has 0 aliphatic carbocycles. The summed E-state index contributed by atoms with van der Waals surface area (Å²) in [4.78, 5) is 25.3. The van der Waals surface area contributed by atoms with E-state index in [1.54, 1.807) is 13.0 Å². The lowest BCUT2D eigenvalue weighted by Crippen LogP contribution is -2.43. The van der Waals surface area contributed by atoms with E-state index in [1.165, 1.54) is 4.90 Å². The van der Waals surface area contributed by atoms with Gasteiger partial charge in [-0.2, -0.15) is 0 Å². The topological polar surface area (TPSA) is 66.8 Å². The number of aliphatic carboxylic acids is 1. The molecule has 122 valence electrons. The molecule has 1 aromatic rings. The molecule has 0 radical (unpaired) electrons. The summed E-state index contributed by atoms with van der Waals surface area (Å²) in [5.74, 6) is -0.650. The Kier molecular flexibility index (Phi) is 5.79. The van der Waals surface area contributed by atoms with Crippen LogP contribution in [0.5, 0.6) is 5.75 Å². The lowest BCUT2D eigenvalue weighted by Gasteiger charge is -2.21. The third kappa shape index (κ3) is 3.92. The molecule has 1 atom stereocenters. The van der Waals surface area contributed by atoms with Crippen molar-refractivity contribution in [1.29, 1.82) is 0 Å². The predicted octanol–water partition coefficient (Wildman–Crippen LogP) is 3.15. The van der Waals surface area contributed by atoms with Crippen molar-refractivity contribution >= 4 is 46.3 Å². The Balaban J connectivity index is 2.22. The van der Waals surface area contributed by atoms with Crippen LogP contribution in [0.4, 0.5) is 0 Å². The maximum atomic E-state index is 12.5. The molecule has 0 aromatic heterocycles. The van der Waals surface area contributed by atoms with Crippen molar-refractivity contribution in [2.45, 2.75) is 26.3 Å². The number of amides is 1. The van der Waals surface area contributed by atoms with Crippen molar-refractivity contribution in [1.82, 2.24) is 4.90 Å². The van der Waals surface area contributed by atoms with Crippen molar-refractivity contribution < 1.29 is 19.4 Å². The summed E-state index contributed by atoms with van der Waals surface area (Å²) in [6.45, 7) is 4.21. The molecule has 0 bridgehead atoms. The fourth-order valence-corrected chi connectivity index (χ4v) is 3.55. The fourth-order valence-electron chi connectivity index (χ4n) is 2.19. The number of thioether (sulfide) groups is 1. The van der Waals surface area contributed by atoms with Gasteiger partial charge in [-0.3, -0.25) is 9.69 Å². The number of ether oxygens (including phenoxy) is 1. The van der Waals surface area contributed by atoms with Gasteiger partial charge >= 0.3 is 5.97 Å². The smallest absolute Gasteiger partial charge is 0.326 e. The molecule has 1 heterocycles. The van der Waals surface area contributed by atoms with Crippen LogP contribution < -0.4 is 4.74 Å². The van der Waals surface area contributed by atoms with E-state index in [0.717, 1.165) is 23.1 Å². The number of carboxylic acids is 1. The molecule has 23 heavy (non-hydrogen) atoms. The highest BCUT2D eigenvalue weighted by Gasteiger charge is 2.39. The molecule has 1 saturated heterocycles. The Bertz CT molecular complexity index is 655. The van der Waals surface area contributed by atoms with Crippen molar-refractivity contribution in [2.75, 3.05) is 6.61 Å². The average molecular weight is 351 g/mol. The number of benzene rings is 1. The lowest BCUT2D eigenvalue weighted by molar-refractivity contribution is -0.145. The third-order valence-corrected chi connectivity index (χ3v) is 4.63. The SMILES string of the molecule is CCOc1ccc(/C=C2\SC(=S)N([C@H](CC)C(=O)O)C2=O)cc1. The summed E-state index contributed by atoms with van der Waals surface area (Å²) in [6.07, 6.45) is 2.02. The van der Waals surface area contributed by atoms with Gasteiger partial charge in [0.1, 0.15) is 16.1 Å². The van der Waals surface area contributed by atoms with Crippen LogP contribution in [-0.2, 0) is 9.59 Å². The third-order valence-electron chi connectivity index (χ3n) is 3.30. The van der Waals surface area contributed by atoms with Gasteiger partial charge in [-0.15, -0.1) is 0 Å². The van der Waals surface area contributed by atoms with Crippen molar-refractivity contribution in [3.8, 4) is 5.75 Å². The van der Waals surface area contributed by atoms with Crippen LogP contribution in [0.1, 0.15) is 25.8 Å². The number of carboxylic acid groups (broad SMARTS) is 1. The van der Waals surface area contributed by atoms with E-state index in [1.807, 2.05) is 31.2 Å². The Hall–Kier alpha value is -1.86. The Morgan fingerprint density at radius 2 is 2.04 bits per heavy atom. The standard InChI is InChI=1S/C16H17NO4S2/c1-3-12(15(19)20)17-14(18)13(23-16(17)22)9-10-5-7-11(8-6-10)21-4-2/h5-9,12H,3-4H2,1-2H3,(H,19,20)/b13-9-/t12-/m1/s1. The van der Waals surface area contributed by atoms with Gasteiger partial charge in [0.15, 0.2) is 0 Å². The molecule has 1 N–H and O–H groups in total. The highest BCUT2D eigenvalue weighted by Crippen LogP contribution is 2.34. The van der Waals surface area contributed by atoms with Crippen LogP contribution in [0, 0.1) is 0 Å². The molecule has 1 amide bonds. The first-order valence-electron chi connectivity index (χ1n) is 7.20. The number of rotatable bonds is 6. The molecule has 0 saturated carbocycles. The van der Waals surface area contributed by atoms with Crippen molar-refractivity contribution in [3.63, 3.8) is 0 Å². The lowest BCUT2D eigenvalue weighted by atomic mass is 10.1. The summed E-state index contributed by atoms with van der Waals surface area (Å²) >= 11 is 6.30. The first-order valence-corrected chi connectivity index (χ1v) is 8.43. The molecular formula is C16H17NO4S2. The zero-order chi connectivity index (χ0) is 17.0. The Morgan fingerprint density at radius 1 is 1.39 bits per heavy atom. The first kappa shape index (κ1) is 17.5. The Labute approximate surface area is 144 Å². The van der Waals surface area contributed by atoms with E-state index in [9.17, 15) is 14.7 Å². The van der Waals surface area contributed by atoms with Gasteiger partial charge in [0.25, 0.3) is 5.91 Å². The number of carbonyl (C=O) groups excluding carboxylic acids is 1. The minimum Gasteiger partial charge on any atom is -0.494 e. The zero-order valence-electron chi connectivity index (χ0n) is 12.8. The average Bonchev–Trinajstić information content (AvgIpc) is 2.78. The molecule has 1 aromatic carbocycles. The largest absolute Gasteiger partial charge is 0.494 e. The van der Waals surface area contributed by atoms with E-state index < -0.39 is 12.0 Å². The minimum atomic E-state index is -1.05. The summed E-state index contributed by atoms with van der Waals surface area (Å²) < 4.78 is 5.65. The van der Waals surface area contributed by atoms with E-state index in [4.69, 9.17) is 17.0 Å². The number of thiocarbonyl (C=S) groups is 1. The van der Waals surface area contributed by atoms with Gasteiger partial charge in [0.2, 0.25) is 0 Å². The number of nitrogens with zero attached hydrogens (tertiary/aromatic N) is 1. The molecule has 5 nitrogen and oxygen atoms in total. The molecule has 1 aliphatic heterocycles. The van der Waals surface area contributed by atoms with Crippen molar-refractivity contribution in [3.05, 3.63) is 34.7 Å². The fraction of sp³-hybridized carbons (Fsp3) is 0.312. The second-order valence-corrected chi connectivity index (χ2v) is 6.49. The predicted molar refractivity (Wildman–Crippen MR) is 94.3 cm³/mol. The van der Waals surface area contributed by atoms with Gasteiger partial charge < -0.3 is 9.84 Å². The minimum absolute atomic E-state index is 0.279. The molecule has 0 unspecified atom stereocenters. The van der Waals surface area contributed by atoms with Crippen LogP contribution in [0.25, 0.3) is 6.08 Å². The van der Waals surface area contributed by atoms with Gasteiger partial charge in [-0.25, -0.2) is 4.79 Å². The van der Waals surface area contributed by atoms with Crippen LogP contribution in [0.15, 0.2) is 29.2 Å². The second-order valence-electron chi connectivity index (χ2n) is 4.82. The van der Waals surface area contributed by atoms with Gasteiger partial charge in [0, 0.05) is 0 Å².